The number of rotatable bonds is 4. The second-order valence-electron chi connectivity index (χ2n) is 5.79. The highest BCUT2D eigenvalue weighted by atomic mass is 16.6. The number of aromatic hydroxyl groups is 1. The Morgan fingerprint density at radius 1 is 1.12 bits per heavy atom. The van der Waals surface area contributed by atoms with Crippen LogP contribution in [-0.2, 0) is 0 Å². The summed E-state index contributed by atoms with van der Waals surface area (Å²) in [6.07, 6.45) is 5.07. The van der Waals surface area contributed by atoms with Gasteiger partial charge in [-0.15, -0.1) is 0 Å². The molecule has 1 saturated heterocycles. The maximum Gasteiger partial charge on any atom is 0.270 e. The summed E-state index contributed by atoms with van der Waals surface area (Å²) in [5.41, 5.74) is 2.11. The molecule has 1 fully saturated rings. The van der Waals surface area contributed by atoms with Crippen LogP contribution in [0.3, 0.4) is 0 Å². The highest BCUT2D eigenvalue weighted by Crippen LogP contribution is 2.31. The van der Waals surface area contributed by atoms with Crippen molar-refractivity contribution < 1.29 is 10.0 Å². The number of benzene rings is 2. The van der Waals surface area contributed by atoms with Crippen molar-refractivity contribution in [1.29, 1.82) is 0 Å². The Labute approximate surface area is 140 Å². The van der Waals surface area contributed by atoms with Crippen molar-refractivity contribution in [3.8, 4) is 5.75 Å². The lowest BCUT2D eigenvalue weighted by Crippen LogP contribution is -2.29. The minimum atomic E-state index is -0.488. The number of phenolic OH excluding ortho intramolecular Hbond substituents is 1. The lowest BCUT2D eigenvalue weighted by atomic mass is 10.1. The van der Waals surface area contributed by atoms with Crippen LogP contribution in [0.25, 0.3) is 0 Å². The fraction of sp³-hybridized carbons (Fsp3) is 0.278. The van der Waals surface area contributed by atoms with Crippen LogP contribution < -0.4 is 4.90 Å². The first-order valence-corrected chi connectivity index (χ1v) is 8.00. The number of aliphatic imine (C=N–C) groups is 1. The molecule has 0 radical (unpaired) electrons. The zero-order valence-corrected chi connectivity index (χ0v) is 13.3. The molecule has 0 atom stereocenters. The topological polar surface area (TPSA) is 79.0 Å². The number of non-ortho nitro benzene ring substituents is 1. The number of nitrogens with zero attached hydrogens (tertiary/aromatic N) is 3. The summed E-state index contributed by atoms with van der Waals surface area (Å²) in [5.74, 6) is -0.0280. The van der Waals surface area contributed by atoms with E-state index >= 15 is 0 Å². The molecule has 0 aromatic heterocycles. The summed E-state index contributed by atoms with van der Waals surface area (Å²) < 4.78 is 0. The summed E-state index contributed by atoms with van der Waals surface area (Å²) in [6, 6.07) is 11.7. The molecule has 0 bridgehead atoms. The molecular weight excluding hydrogens is 306 g/mol. The van der Waals surface area contributed by atoms with Gasteiger partial charge in [0.25, 0.3) is 5.69 Å². The lowest BCUT2D eigenvalue weighted by Gasteiger charge is -2.29. The third kappa shape index (κ3) is 3.53. The summed E-state index contributed by atoms with van der Waals surface area (Å²) in [7, 11) is 0. The van der Waals surface area contributed by atoms with E-state index in [-0.39, 0.29) is 11.4 Å². The van der Waals surface area contributed by atoms with Crippen molar-refractivity contribution in [2.45, 2.75) is 19.3 Å². The molecule has 3 rings (SSSR count). The minimum absolute atomic E-state index is 0.0280. The molecular formula is C18H19N3O3. The maximum absolute atomic E-state index is 10.9. The summed E-state index contributed by atoms with van der Waals surface area (Å²) in [4.78, 5) is 17.2. The highest BCUT2D eigenvalue weighted by Gasteiger charge is 2.14. The number of anilines is 1. The van der Waals surface area contributed by atoms with Crippen LogP contribution in [-0.4, -0.2) is 29.3 Å². The molecule has 1 aliphatic heterocycles. The van der Waals surface area contributed by atoms with E-state index in [1.54, 1.807) is 0 Å². The van der Waals surface area contributed by atoms with Crippen LogP contribution in [0.15, 0.2) is 47.5 Å². The van der Waals surface area contributed by atoms with Crippen molar-refractivity contribution in [3.63, 3.8) is 0 Å². The lowest BCUT2D eigenvalue weighted by molar-refractivity contribution is -0.384. The molecule has 24 heavy (non-hydrogen) atoms. The summed E-state index contributed by atoms with van der Waals surface area (Å²) in [5, 5.41) is 20.8. The van der Waals surface area contributed by atoms with Gasteiger partial charge in [0.15, 0.2) is 0 Å². The summed E-state index contributed by atoms with van der Waals surface area (Å²) in [6.45, 7) is 2.02. The number of phenols is 1. The second kappa shape index (κ2) is 7.12. The molecule has 0 spiro atoms. The maximum atomic E-state index is 10.9. The first kappa shape index (κ1) is 16.0. The van der Waals surface area contributed by atoms with Crippen molar-refractivity contribution >= 4 is 23.3 Å². The largest absolute Gasteiger partial charge is 0.507 e. The molecule has 124 valence electrons. The van der Waals surface area contributed by atoms with Crippen molar-refractivity contribution in [2.75, 3.05) is 18.0 Å². The third-order valence-corrected chi connectivity index (χ3v) is 4.14. The Morgan fingerprint density at radius 3 is 2.62 bits per heavy atom. The van der Waals surface area contributed by atoms with Gasteiger partial charge in [-0.1, -0.05) is 12.1 Å². The molecule has 1 heterocycles. The Bertz CT molecular complexity index is 768. The van der Waals surface area contributed by atoms with Crippen molar-refractivity contribution in [2.24, 2.45) is 4.99 Å². The van der Waals surface area contributed by atoms with Gasteiger partial charge in [-0.3, -0.25) is 15.1 Å². The minimum Gasteiger partial charge on any atom is -0.507 e. The van der Waals surface area contributed by atoms with Crippen LogP contribution in [0.2, 0.25) is 0 Å². The van der Waals surface area contributed by atoms with Gasteiger partial charge in [-0.05, 0) is 37.5 Å². The molecule has 0 unspecified atom stereocenters. The zero-order chi connectivity index (χ0) is 16.9. The number of hydrogen-bond donors (Lipinski definition) is 1. The smallest absolute Gasteiger partial charge is 0.270 e. The van der Waals surface area contributed by atoms with Gasteiger partial charge in [0.2, 0.25) is 0 Å². The molecule has 2 aromatic rings. The van der Waals surface area contributed by atoms with E-state index in [9.17, 15) is 15.2 Å². The van der Waals surface area contributed by atoms with Crippen LogP contribution in [0, 0.1) is 10.1 Å². The quantitative estimate of drug-likeness (QED) is 0.522. The average Bonchev–Trinajstić information content (AvgIpc) is 2.62. The van der Waals surface area contributed by atoms with E-state index in [1.165, 1.54) is 43.7 Å². The van der Waals surface area contributed by atoms with Gasteiger partial charge in [-0.2, -0.15) is 0 Å². The number of hydrogen-bond acceptors (Lipinski definition) is 5. The number of para-hydroxylation sites is 2. The monoisotopic (exact) mass is 325 g/mol. The van der Waals surface area contributed by atoms with Gasteiger partial charge in [0.1, 0.15) is 5.75 Å². The molecule has 1 N–H and O–H groups in total. The van der Waals surface area contributed by atoms with Gasteiger partial charge in [0, 0.05) is 37.0 Å². The molecule has 0 aliphatic carbocycles. The second-order valence-corrected chi connectivity index (χ2v) is 5.79. The van der Waals surface area contributed by atoms with E-state index in [0.29, 0.717) is 5.56 Å². The van der Waals surface area contributed by atoms with Gasteiger partial charge in [-0.25, -0.2) is 0 Å². The Hall–Kier alpha value is -2.89. The van der Waals surface area contributed by atoms with Gasteiger partial charge >= 0.3 is 0 Å². The number of piperidine rings is 1. The van der Waals surface area contributed by atoms with E-state index < -0.39 is 4.92 Å². The molecule has 6 nitrogen and oxygen atoms in total. The van der Waals surface area contributed by atoms with Crippen molar-refractivity contribution in [1.82, 2.24) is 0 Å². The SMILES string of the molecule is O=[N+]([O-])c1ccc(O)c(C=Nc2ccccc2N2CCCCC2)c1. The van der Waals surface area contributed by atoms with Crippen LogP contribution in [0.4, 0.5) is 17.1 Å². The predicted molar refractivity (Wildman–Crippen MR) is 94.5 cm³/mol. The van der Waals surface area contributed by atoms with Crippen LogP contribution in [0.1, 0.15) is 24.8 Å². The molecule has 6 heteroatoms. The van der Waals surface area contributed by atoms with E-state index in [1.807, 2.05) is 24.3 Å². The van der Waals surface area contributed by atoms with E-state index in [2.05, 4.69) is 9.89 Å². The van der Waals surface area contributed by atoms with E-state index in [4.69, 9.17) is 0 Å². The Morgan fingerprint density at radius 2 is 1.88 bits per heavy atom. The Kier molecular flexibility index (Phi) is 4.74. The van der Waals surface area contributed by atoms with Crippen molar-refractivity contribution in [3.05, 3.63) is 58.1 Å². The molecule has 0 amide bonds. The normalized spacial score (nSPS) is 14.9. The molecule has 0 saturated carbocycles. The fourth-order valence-corrected chi connectivity index (χ4v) is 2.87. The number of nitro benzene ring substituents is 1. The zero-order valence-electron chi connectivity index (χ0n) is 13.3. The molecule has 2 aromatic carbocycles. The first-order valence-electron chi connectivity index (χ1n) is 8.00. The van der Waals surface area contributed by atoms with Gasteiger partial charge in [0.05, 0.1) is 16.3 Å². The highest BCUT2D eigenvalue weighted by molar-refractivity contribution is 5.88. The summed E-state index contributed by atoms with van der Waals surface area (Å²) >= 11 is 0. The fourth-order valence-electron chi connectivity index (χ4n) is 2.87. The number of nitro groups is 1. The Balaban J connectivity index is 1.90. The van der Waals surface area contributed by atoms with E-state index in [0.717, 1.165) is 24.5 Å². The molecule has 1 aliphatic rings. The third-order valence-electron chi connectivity index (χ3n) is 4.14. The van der Waals surface area contributed by atoms with Crippen LogP contribution >= 0.6 is 0 Å². The van der Waals surface area contributed by atoms with Crippen LogP contribution in [0.5, 0.6) is 5.75 Å². The van der Waals surface area contributed by atoms with Gasteiger partial charge < -0.3 is 10.0 Å². The first-order chi connectivity index (χ1) is 11.6. The standard InChI is InChI=1S/C18H19N3O3/c22-18-9-8-15(21(23)24)12-14(18)13-19-16-6-2-3-7-17(16)20-10-4-1-5-11-20/h2-3,6-9,12-13,22H,1,4-5,10-11H2. The average molecular weight is 325 g/mol. The predicted octanol–water partition coefficient (Wildman–Crippen LogP) is 4.04.